The lowest BCUT2D eigenvalue weighted by atomic mass is 10.3. The largest absolute Gasteiger partial charge is 0.356 e. The molecule has 0 atom stereocenters. The van der Waals surface area contributed by atoms with Gasteiger partial charge in [-0.1, -0.05) is 6.92 Å². The number of carbonyl (C=O) groups is 1. The topological polar surface area (TPSA) is 29.1 Å². The molecule has 0 unspecified atom stereocenters. The first kappa shape index (κ1) is 7.47. The third kappa shape index (κ3) is 3.65. The van der Waals surface area contributed by atoms with Crippen LogP contribution in [0.5, 0.6) is 0 Å². The van der Waals surface area contributed by atoms with Crippen LogP contribution in [0.3, 0.4) is 0 Å². The maximum atomic E-state index is 10.5. The van der Waals surface area contributed by atoms with Crippen molar-refractivity contribution in [3.8, 4) is 0 Å². The summed E-state index contributed by atoms with van der Waals surface area (Å²) >= 11 is 0. The van der Waals surface area contributed by atoms with Crippen LogP contribution in [0.1, 0.15) is 26.7 Å². The highest BCUT2D eigenvalue weighted by Crippen LogP contribution is 1.83. The zero-order chi connectivity index (χ0) is 6.41. The van der Waals surface area contributed by atoms with Gasteiger partial charge in [-0.15, -0.1) is 0 Å². The normalized spacial score (nSPS) is 8.75. The molecule has 0 fully saturated rings. The average Bonchev–Trinajstić information content (AvgIpc) is 1.68. The van der Waals surface area contributed by atoms with Gasteiger partial charge >= 0.3 is 0 Å². The number of carbonyl (C=O) groups excluding carboxylic acids is 1. The van der Waals surface area contributed by atoms with Crippen LogP contribution in [0.25, 0.3) is 0 Å². The minimum Gasteiger partial charge on any atom is -0.356 e. The fourth-order valence-electron chi connectivity index (χ4n) is 0.513. The summed E-state index contributed by atoms with van der Waals surface area (Å²) in [7, 11) is 0. The minimum atomic E-state index is 0.162. The van der Waals surface area contributed by atoms with Crippen LogP contribution in [0.15, 0.2) is 0 Å². The van der Waals surface area contributed by atoms with Crippen molar-refractivity contribution in [2.75, 3.05) is 6.54 Å². The standard InChI is InChI=1S/C6H13NO/c1-3-5-6(8)7-4-2/h3-5H2,1-2H3,(H,7,8). The van der Waals surface area contributed by atoms with Gasteiger partial charge in [-0.3, -0.25) is 4.79 Å². The number of nitrogens with one attached hydrogen (secondary N) is 1. The summed E-state index contributed by atoms with van der Waals surface area (Å²) in [6.07, 6.45) is 1.60. The molecule has 0 aromatic rings. The van der Waals surface area contributed by atoms with Crippen molar-refractivity contribution < 1.29 is 4.79 Å². The lowest BCUT2D eigenvalue weighted by molar-refractivity contribution is -0.121. The summed E-state index contributed by atoms with van der Waals surface area (Å²) in [5, 5.41) is 2.71. The molecule has 0 aliphatic rings. The van der Waals surface area contributed by atoms with Gasteiger partial charge in [0.05, 0.1) is 0 Å². The van der Waals surface area contributed by atoms with Crippen LogP contribution in [-0.2, 0) is 4.79 Å². The molecule has 0 aliphatic heterocycles. The van der Waals surface area contributed by atoms with E-state index in [2.05, 4.69) is 5.32 Å². The summed E-state index contributed by atoms with van der Waals surface area (Å²) in [6, 6.07) is 0. The zero-order valence-corrected chi connectivity index (χ0v) is 5.53. The number of hydrogen-bond acceptors (Lipinski definition) is 1. The summed E-state index contributed by atoms with van der Waals surface area (Å²) in [5.41, 5.74) is 0. The predicted molar refractivity (Wildman–Crippen MR) is 33.6 cm³/mol. The summed E-state index contributed by atoms with van der Waals surface area (Å²) < 4.78 is 0. The van der Waals surface area contributed by atoms with E-state index in [-0.39, 0.29) is 5.91 Å². The summed E-state index contributed by atoms with van der Waals surface area (Å²) in [4.78, 5) is 10.5. The molecule has 8 heavy (non-hydrogen) atoms. The lowest BCUT2D eigenvalue weighted by Crippen LogP contribution is -2.21. The highest BCUT2D eigenvalue weighted by Gasteiger charge is 1.92. The lowest BCUT2D eigenvalue weighted by Gasteiger charge is -1.96. The molecular formula is C6H13NO. The highest BCUT2D eigenvalue weighted by atomic mass is 16.1. The van der Waals surface area contributed by atoms with E-state index in [4.69, 9.17) is 0 Å². The van der Waals surface area contributed by atoms with Crippen LogP contribution in [0, 0.1) is 0 Å². The molecule has 0 aliphatic carbocycles. The summed E-state index contributed by atoms with van der Waals surface area (Å²) in [6.45, 7) is 4.67. The minimum absolute atomic E-state index is 0.162. The fourth-order valence-corrected chi connectivity index (χ4v) is 0.513. The van der Waals surface area contributed by atoms with Crippen molar-refractivity contribution in [2.24, 2.45) is 0 Å². The van der Waals surface area contributed by atoms with Gasteiger partial charge in [-0.2, -0.15) is 0 Å². The van der Waals surface area contributed by atoms with Crippen molar-refractivity contribution in [1.29, 1.82) is 0 Å². The quantitative estimate of drug-likeness (QED) is 0.582. The Hall–Kier alpha value is -0.530. The molecule has 0 heterocycles. The SMILES string of the molecule is CCCC(=O)NCC. The van der Waals surface area contributed by atoms with E-state index in [9.17, 15) is 4.79 Å². The first-order valence-electron chi connectivity index (χ1n) is 3.08. The Balaban J connectivity index is 3.06. The zero-order valence-electron chi connectivity index (χ0n) is 5.53. The van der Waals surface area contributed by atoms with Gasteiger partial charge in [0.1, 0.15) is 0 Å². The van der Waals surface area contributed by atoms with Crippen LogP contribution >= 0.6 is 0 Å². The second-order valence-corrected chi connectivity index (χ2v) is 1.70. The average molecular weight is 115 g/mol. The maximum absolute atomic E-state index is 10.5. The summed E-state index contributed by atoms with van der Waals surface area (Å²) in [5.74, 6) is 0.162. The van der Waals surface area contributed by atoms with Crippen molar-refractivity contribution in [1.82, 2.24) is 5.32 Å². The molecule has 0 bridgehead atoms. The van der Waals surface area contributed by atoms with E-state index in [1.54, 1.807) is 0 Å². The molecule has 0 aromatic heterocycles. The first-order chi connectivity index (χ1) is 3.81. The Morgan fingerprint density at radius 2 is 2.12 bits per heavy atom. The van der Waals surface area contributed by atoms with Gasteiger partial charge in [0.15, 0.2) is 0 Å². The van der Waals surface area contributed by atoms with Gasteiger partial charge in [0.2, 0.25) is 5.91 Å². The van der Waals surface area contributed by atoms with Crippen molar-refractivity contribution in [3.05, 3.63) is 0 Å². The van der Waals surface area contributed by atoms with E-state index in [0.717, 1.165) is 13.0 Å². The van der Waals surface area contributed by atoms with Crippen LogP contribution in [0.2, 0.25) is 0 Å². The molecule has 0 radical (unpaired) electrons. The molecule has 0 aromatic carbocycles. The third-order valence-corrected chi connectivity index (χ3v) is 0.851. The van der Waals surface area contributed by atoms with E-state index in [1.807, 2.05) is 13.8 Å². The van der Waals surface area contributed by atoms with Gasteiger partial charge in [-0.05, 0) is 13.3 Å². The Kier molecular flexibility index (Phi) is 4.32. The van der Waals surface area contributed by atoms with Gasteiger partial charge in [0.25, 0.3) is 0 Å². The maximum Gasteiger partial charge on any atom is 0.219 e. The molecule has 1 N–H and O–H groups in total. The molecule has 0 rings (SSSR count). The predicted octanol–water partition coefficient (Wildman–Crippen LogP) is 0.923. The van der Waals surface area contributed by atoms with E-state index >= 15 is 0 Å². The van der Waals surface area contributed by atoms with Gasteiger partial charge in [0, 0.05) is 13.0 Å². The van der Waals surface area contributed by atoms with E-state index in [1.165, 1.54) is 0 Å². The highest BCUT2D eigenvalue weighted by molar-refractivity contribution is 5.75. The Labute approximate surface area is 50.3 Å². The van der Waals surface area contributed by atoms with Crippen molar-refractivity contribution in [3.63, 3.8) is 0 Å². The van der Waals surface area contributed by atoms with Crippen LogP contribution in [0.4, 0.5) is 0 Å². The molecule has 48 valence electrons. The Morgan fingerprint density at radius 3 is 2.50 bits per heavy atom. The molecule has 0 saturated heterocycles. The Morgan fingerprint density at radius 1 is 1.50 bits per heavy atom. The van der Waals surface area contributed by atoms with Crippen molar-refractivity contribution >= 4 is 5.91 Å². The van der Waals surface area contributed by atoms with Gasteiger partial charge < -0.3 is 5.32 Å². The number of rotatable bonds is 3. The molecule has 2 heteroatoms. The van der Waals surface area contributed by atoms with Gasteiger partial charge in [-0.25, -0.2) is 0 Å². The number of amides is 1. The van der Waals surface area contributed by atoms with Crippen molar-refractivity contribution in [2.45, 2.75) is 26.7 Å². The molecule has 0 spiro atoms. The van der Waals surface area contributed by atoms with E-state index < -0.39 is 0 Å². The Bertz CT molecular complexity index is 62.9. The monoisotopic (exact) mass is 115 g/mol. The van der Waals surface area contributed by atoms with Crippen LogP contribution in [-0.4, -0.2) is 12.5 Å². The fraction of sp³-hybridized carbons (Fsp3) is 0.833. The molecule has 0 saturated carbocycles. The molecule has 1 amide bonds. The molecular weight excluding hydrogens is 102 g/mol. The van der Waals surface area contributed by atoms with E-state index in [0.29, 0.717) is 6.42 Å². The second kappa shape index (κ2) is 4.62. The smallest absolute Gasteiger partial charge is 0.219 e. The van der Waals surface area contributed by atoms with Crippen LogP contribution < -0.4 is 5.32 Å². The molecule has 2 nitrogen and oxygen atoms in total. The number of hydrogen-bond donors (Lipinski definition) is 1. The second-order valence-electron chi connectivity index (χ2n) is 1.70. The third-order valence-electron chi connectivity index (χ3n) is 0.851. The first-order valence-corrected chi connectivity index (χ1v) is 3.08.